The minimum absolute atomic E-state index is 0.0918. The van der Waals surface area contributed by atoms with Gasteiger partial charge in [0.05, 0.1) is 32.0 Å². The largest absolute Gasteiger partial charge is 0.472 e. The lowest BCUT2D eigenvalue weighted by Crippen LogP contribution is -2.65. The van der Waals surface area contributed by atoms with E-state index in [1.165, 1.54) is 117 Å². The molecule has 1 rings (SSSR count). The van der Waals surface area contributed by atoms with Crippen LogP contribution in [0.4, 0.5) is 0 Å². The van der Waals surface area contributed by atoms with Gasteiger partial charge in [-0.05, 0) is 39.0 Å². The maximum atomic E-state index is 14.1. The number of aliphatic hydroxyl groups is 3. The van der Waals surface area contributed by atoms with Gasteiger partial charge in [0.25, 0.3) is 0 Å². The van der Waals surface area contributed by atoms with Crippen molar-refractivity contribution >= 4 is 49.3 Å². The number of phosphoric ester groups is 1. The molecule has 24 nitrogen and oxygen atoms in total. The van der Waals surface area contributed by atoms with Gasteiger partial charge in [-0.1, -0.05) is 182 Å². The van der Waals surface area contributed by atoms with Crippen molar-refractivity contribution in [3.63, 3.8) is 0 Å². The fraction of sp³-hybridized carbons (Fsp3) is 0.885. The first kappa shape index (κ1) is 80.2. The van der Waals surface area contributed by atoms with E-state index in [9.17, 15) is 58.3 Å². The Bertz CT molecular complexity index is 1940. The third-order valence-corrected chi connectivity index (χ3v) is 16.3. The third kappa shape index (κ3) is 37.2. The average molecular weight is 1250 g/mol. The van der Waals surface area contributed by atoms with Crippen LogP contribution in [0.1, 0.15) is 241 Å². The van der Waals surface area contributed by atoms with Crippen LogP contribution in [0, 0.1) is 5.92 Å². The van der Waals surface area contributed by atoms with Crippen molar-refractivity contribution in [2.24, 2.45) is 17.4 Å². The number of nitrogens with zero attached hydrogens (tertiary/aromatic N) is 1. The molecular formula is C61H115N6O18P. The predicted molar refractivity (Wildman–Crippen MR) is 326 cm³/mol. The molecule has 0 aromatic carbocycles. The number of ether oxygens (including phenoxy) is 4. The van der Waals surface area contributed by atoms with Gasteiger partial charge in [0.15, 0.2) is 12.4 Å². The molecule has 502 valence electrons. The summed E-state index contributed by atoms with van der Waals surface area (Å²) in [5.41, 5.74) is 11.5. The second kappa shape index (κ2) is 48.1. The highest BCUT2D eigenvalue weighted by atomic mass is 31.2. The van der Waals surface area contributed by atoms with E-state index < -0.39 is 150 Å². The van der Waals surface area contributed by atoms with E-state index in [1.54, 1.807) is 13.8 Å². The monoisotopic (exact) mass is 1250 g/mol. The molecule has 0 aliphatic carbocycles. The quantitative estimate of drug-likeness (QED) is 0.0169. The highest BCUT2D eigenvalue weighted by Crippen LogP contribution is 2.43. The maximum absolute atomic E-state index is 14.1. The lowest BCUT2D eigenvalue weighted by Gasteiger charge is -2.44. The molecular weight excluding hydrogens is 1140 g/mol. The molecule has 2 unspecified atom stereocenters. The predicted octanol–water partition coefficient (Wildman–Crippen LogP) is 6.95. The van der Waals surface area contributed by atoms with Gasteiger partial charge < -0.3 is 71.5 Å². The lowest BCUT2D eigenvalue weighted by atomic mass is 9.96. The number of phosphoric acid groups is 1. The summed E-state index contributed by atoms with van der Waals surface area (Å²) in [7, 11) is -4.90. The zero-order valence-corrected chi connectivity index (χ0v) is 54.3. The number of amides is 5. The van der Waals surface area contributed by atoms with Crippen LogP contribution >= 0.6 is 7.82 Å². The van der Waals surface area contributed by atoms with Crippen LogP contribution in [0.15, 0.2) is 0 Å². The third-order valence-electron chi connectivity index (χ3n) is 15.4. The first-order chi connectivity index (χ1) is 41.0. The topological polar surface area (TPSA) is 364 Å². The average Bonchev–Trinajstić information content (AvgIpc) is 3.60. The molecule has 11 N–H and O–H groups in total. The summed E-state index contributed by atoms with van der Waals surface area (Å²) < 4.78 is 46.0. The van der Waals surface area contributed by atoms with Gasteiger partial charge in [0, 0.05) is 39.3 Å². The van der Waals surface area contributed by atoms with Crippen molar-refractivity contribution in [1.29, 1.82) is 0 Å². The second-order valence-corrected chi connectivity index (χ2v) is 25.0. The Morgan fingerprint density at radius 3 is 1.63 bits per heavy atom. The van der Waals surface area contributed by atoms with E-state index >= 15 is 0 Å². The van der Waals surface area contributed by atoms with Gasteiger partial charge in [0.2, 0.25) is 29.5 Å². The Morgan fingerprint density at radius 2 is 1.16 bits per heavy atom. The van der Waals surface area contributed by atoms with E-state index in [2.05, 4.69) is 29.8 Å². The molecule has 1 heterocycles. The number of hydrogen-bond acceptors (Lipinski definition) is 18. The highest BCUT2D eigenvalue weighted by Gasteiger charge is 2.47. The fourth-order valence-electron chi connectivity index (χ4n) is 10.00. The van der Waals surface area contributed by atoms with E-state index in [4.69, 9.17) is 39.5 Å². The second-order valence-electron chi connectivity index (χ2n) is 23.5. The van der Waals surface area contributed by atoms with Crippen molar-refractivity contribution in [3.05, 3.63) is 0 Å². The van der Waals surface area contributed by atoms with Gasteiger partial charge in [-0.25, -0.2) is 4.57 Å². The maximum Gasteiger partial charge on any atom is 0.472 e. The van der Waals surface area contributed by atoms with Crippen molar-refractivity contribution < 1.29 is 86.3 Å². The molecule has 0 saturated carbocycles. The van der Waals surface area contributed by atoms with Crippen LogP contribution in [0.5, 0.6) is 0 Å². The Labute approximate surface area is 513 Å². The van der Waals surface area contributed by atoms with Crippen molar-refractivity contribution in [2.45, 2.75) is 302 Å². The smallest absolute Gasteiger partial charge is 0.462 e. The highest BCUT2D eigenvalue weighted by molar-refractivity contribution is 7.47. The summed E-state index contributed by atoms with van der Waals surface area (Å²) in [4.78, 5) is 103. The van der Waals surface area contributed by atoms with E-state index in [0.29, 0.717) is 12.8 Å². The Morgan fingerprint density at radius 1 is 0.674 bits per heavy atom. The molecule has 5 amide bonds. The van der Waals surface area contributed by atoms with Crippen molar-refractivity contribution in [2.75, 3.05) is 39.5 Å². The number of nitrogens with one attached hydrogen (secondary N) is 3. The normalized spacial score (nSPS) is 19.3. The number of carbonyl (C=O) groups excluding carboxylic acids is 7. The summed E-state index contributed by atoms with van der Waals surface area (Å²) in [5.74, 6) is -5.14. The minimum Gasteiger partial charge on any atom is -0.462 e. The van der Waals surface area contributed by atoms with Crippen LogP contribution in [-0.4, -0.2) is 167 Å². The van der Waals surface area contributed by atoms with Crippen LogP contribution in [-0.2, 0) is 66.1 Å². The molecule has 86 heavy (non-hydrogen) atoms. The first-order valence-electron chi connectivity index (χ1n) is 32.4. The SMILES string of the molecule is CCCCCCCCCCCCCCCC(=O)OC[C@H](COP(=O)(O)OCCNC(=O)[C@H](C)N(CC(C)O[C@H]1[C@H](O)[C@@H](CO)O[C@H](O)[C@@H]1NC(C)=O)C(=O)CC[C@@H](NC(=O)[C@@H](N)C(C)C)C(N)=O)OC(=O)CCCCCCCCCCCCCCC. The zero-order chi connectivity index (χ0) is 64.3. The fourth-order valence-corrected chi connectivity index (χ4v) is 10.8. The molecule has 0 radical (unpaired) electrons. The van der Waals surface area contributed by atoms with Crippen molar-refractivity contribution in [3.8, 4) is 0 Å². The van der Waals surface area contributed by atoms with Gasteiger partial charge in [-0.2, -0.15) is 0 Å². The Kier molecular flexibility index (Phi) is 44.8. The van der Waals surface area contributed by atoms with Crippen molar-refractivity contribution in [1.82, 2.24) is 20.9 Å². The van der Waals surface area contributed by atoms with E-state index in [-0.39, 0.29) is 31.7 Å². The molecule has 25 heteroatoms. The molecule has 0 bridgehead atoms. The zero-order valence-electron chi connectivity index (χ0n) is 53.4. The number of nitrogens with two attached hydrogens (primary N) is 2. The number of primary amides is 1. The Hall–Kier alpha value is -3.84. The first-order valence-corrected chi connectivity index (χ1v) is 33.9. The van der Waals surface area contributed by atoms with Gasteiger partial charge in [0.1, 0.15) is 43.0 Å². The molecule has 0 spiro atoms. The summed E-state index contributed by atoms with van der Waals surface area (Å²) in [6.45, 7) is 8.66. The summed E-state index contributed by atoms with van der Waals surface area (Å²) in [6, 6.07) is -4.98. The molecule has 1 saturated heterocycles. The van der Waals surface area contributed by atoms with Crippen LogP contribution < -0.4 is 27.4 Å². The van der Waals surface area contributed by atoms with Crippen LogP contribution in [0.3, 0.4) is 0 Å². The molecule has 1 fully saturated rings. The minimum atomic E-state index is -4.90. The molecule has 0 aromatic rings. The molecule has 11 atom stereocenters. The van der Waals surface area contributed by atoms with Gasteiger partial charge in [-0.3, -0.25) is 42.6 Å². The molecule has 0 aromatic heterocycles. The van der Waals surface area contributed by atoms with E-state index in [0.717, 1.165) is 63.2 Å². The summed E-state index contributed by atoms with van der Waals surface area (Å²) >= 11 is 0. The number of hydrogen-bond donors (Lipinski definition) is 9. The number of carbonyl (C=O) groups is 7. The van der Waals surface area contributed by atoms with E-state index in [1.807, 2.05) is 0 Å². The lowest BCUT2D eigenvalue weighted by molar-refractivity contribution is -0.268. The van der Waals surface area contributed by atoms with Crippen LogP contribution in [0.25, 0.3) is 0 Å². The molecule has 1 aliphatic rings. The summed E-state index contributed by atoms with van der Waals surface area (Å²) in [5, 5.41) is 39.0. The summed E-state index contributed by atoms with van der Waals surface area (Å²) in [6.07, 6.45) is 20.8. The number of rotatable bonds is 53. The van der Waals surface area contributed by atoms with Gasteiger partial charge in [-0.15, -0.1) is 0 Å². The number of esters is 2. The van der Waals surface area contributed by atoms with Crippen LogP contribution in [0.2, 0.25) is 0 Å². The number of aliphatic hydroxyl groups excluding tert-OH is 3. The Balaban J connectivity index is 3.01. The molecule has 1 aliphatic heterocycles. The standard InChI is InChI=1S/C61H115N6O18P/c1-8-10-12-14-16-18-20-22-24-26-28-30-32-34-52(71)80-42-48(84-53(72)35-33-31-29-27-25-23-21-19-17-15-13-11-9-2)43-82-86(78,79)81-39-38-64-59(75)46(6)67(51(70)37-36-49(58(63)74)66-60(76)54(62)44(3)4)40-45(5)83-57-55(65-47(7)69)61(77)85-50(41-68)56(57)73/h44-46,48-50,54-57,61,68,73,77H,8-43,62H2,1-7H3,(H2,63,74)(H,64,75)(H,65,69)(H,66,76)(H,78,79)/t45?,46-,48+,49+,50+,54-,55+,56+,57+,61-/m0/s1. The van der Waals surface area contributed by atoms with Gasteiger partial charge >= 0.3 is 19.8 Å². The number of unbranched alkanes of at least 4 members (excludes halogenated alkanes) is 24.